The smallest absolute Gasteiger partial charge is 0.159 e. The van der Waals surface area contributed by atoms with Gasteiger partial charge in [-0.3, -0.25) is 4.57 Å². The molecule has 1 N–H and O–H groups in total. The van der Waals surface area contributed by atoms with Gasteiger partial charge in [0.25, 0.3) is 0 Å². The summed E-state index contributed by atoms with van der Waals surface area (Å²) >= 11 is 0. The predicted octanol–water partition coefficient (Wildman–Crippen LogP) is 12.8. The number of aromatic nitrogens is 2. The lowest BCUT2D eigenvalue weighted by Crippen LogP contribution is -2.33. The molecule has 10 aromatic rings. The number of benzene rings is 8. The van der Waals surface area contributed by atoms with Crippen molar-refractivity contribution in [2.75, 3.05) is 0 Å². The molecule has 1 atom stereocenters. The maximum atomic E-state index is 5.24. The van der Waals surface area contributed by atoms with Crippen molar-refractivity contribution in [2.24, 2.45) is 9.98 Å². The van der Waals surface area contributed by atoms with Crippen molar-refractivity contribution in [1.82, 2.24) is 14.9 Å². The molecule has 0 saturated heterocycles. The minimum atomic E-state index is -0.328. The summed E-state index contributed by atoms with van der Waals surface area (Å²) in [4.78, 5) is 15.6. The van der Waals surface area contributed by atoms with Crippen molar-refractivity contribution in [3.05, 3.63) is 229 Å². The van der Waals surface area contributed by atoms with Crippen LogP contribution in [0.4, 0.5) is 0 Å². The monoisotopic (exact) mass is 755 g/mol. The van der Waals surface area contributed by atoms with Crippen LogP contribution in [-0.2, 0) is 0 Å². The third-order valence-corrected chi connectivity index (χ3v) is 11.3. The molecular formula is C54H37N5. The Balaban J connectivity index is 1.11. The van der Waals surface area contributed by atoms with Gasteiger partial charge in [-0.25, -0.2) is 15.0 Å². The van der Waals surface area contributed by atoms with Crippen LogP contribution in [0.1, 0.15) is 22.9 Å². The van der Waals surface area contributed by atoms with Crippen LogP contribution in [-0.4, -0.2) is 21.2 Å². The minimum Gasteiger partial charge on any atom is -0.344 e. The standard InChI is InChI=1S/C54H37N5/c1-5-15-36(16-6-1)38-25-27-41(28-26-38)53-56-52(40-21-11-4-12-22-40)57-54(58-53)43-31-32-55-50(34-43)59-48-33-42(37-17-7-2-8-18-37)29-30-46(48)51-45-24-14-13-23-44(45)47(35-49(51)59)39-19-9-3-10-20-39/h1-35,52H,(H,56,57,58). The van der Waals surface area contributed by atoms with Gasteiger partial charge in [0, 0.05) is 28.1 Å². The summed E-state index contributed by atoms with van der Waals surface area (Å²) in [5, 5.41) is 8.43. The van der Waals surface area contributed by atoms with Crippen molar-refractivity contribution in [3.63, 3.8) is 0 Å². The van der Waals surface area contributed by atoms with Crippen LogP contribution in [0.25, 0.3) is 71.8 Å². The average molecular weight is 756 g/mol. The topological polar surface area (TPSA) is 54.6 Å². The number of fused-ring (bicyclic) bond motifs is 5. The van der Waals surface area contributed by atoms with Crippen LogP contribution < -0.4 is 5.32 Å². The molecule has 0 radical (unpaired) electrons. The quantitative estimate of drug-likeness (QED) is 0.176. The van der Waals surface area contributed by atoms with E-state index in [0.29, 0.717) is 5.84 Å². The number of nitrogens with one attached hydrogen (secondary N) is 1. The second-order valence-electron chi connectivity index (χ2n) is 14.9. The van der Waals surface area contributed by atoms with Crippen molar-refractivity contribution in [3.8, 4) is 39.2 Å². The van der Waals surface area contributed by atoms with Gasteiger partial charge in [0.05, 0.1) is 11.0 Å². The van der Waals surface area contributed by atoms with Crippen molar-refractivity contribution in [1.29, 1.82) is 0 Å². The maximum Gasteiger partial charge on any atom is 0.159 e. The summed E-state index contributed by atoms with van der Waals surface area (Å²) in [7, 11) is 0. The molecule has 2 aromatic heterocycles. The van der Waals surface area contributed by atoms with Gasteiger partial charge in [-0.05, 0) is 74.0 Å². The zero-order chi connectivity index (χ0) is 39.1. The summed E-state index contributed by atoms with van der Waals surface area (Å²) in [6.45, 7) is 0. The lowest BCUT2D eigenvalue weighted by Gasteiger charge is -2.24. The first-order chi connectivity index (χ1) is 29.2. The van der Waals surface area contributed by atoms with E-state index in [9.17, 15) is 0 Å². The minimum absolute atomic E-state index is 0.328. The molecule has 1 unspecified atom stereocenters. The zero-order valence-corrected chi connectivity index (χ0v) is 32.1. The first-order valence-electron chi connectivity index (χ1n) is 20.0. The second-order valence-corrected chi connectivity index (χ2v) is 14.9. The fraction of sp³-hybridized carbons (Fsp3) is 0.0185. The highest BCUT2D eigenvalue weighted by atomic mass is 15.2. The van der Waals surface area contributed by atoms with E-state index in [4.69, 9.17) is 15.0 Å². The lowest BCUT2D eigenvalue weighted by atomic mass is 9.94. The average Bonchev–Trinajstić information content (AvgIpc) is 3.66. The second kappa shape index (κ2) is 14.6. The number of nitrogens with zero attached hydrogens (tertiary/aromatic N) is 4. The molecule has 59 heavy (non-hydrogen) atoms. The van der Waals surface area contributed by atoms with Gasteiger partial charge in [0.15, 0.2) is 5.84 Å². The Kier molecular flexibility index (Phi) is 8.48. The van der Waals surface area contributed by atoms with Crippen molar-refractivity contribution in [2.45, 2.75) is 6.17 Å². The Morgan fingerprint density at radius 1 is 0.424 bits per heavy atom. The molecular weight excluding hydrogens is 719 g/mol. The van der Waals surface area contributed by atoms with Gasteiger partial charge in [-0.2, -0.15) is 0 Å². The number of hydrogen-bond acceptors (Lipinski definition) is 4. The first-order valence-corrected chi connectivity index (χ1v) is 20.0. The molecule has 0 saturated carbocycles. The predicted molar refractivity (Wildman–Crippen MR) is 244 cm³/mol. The molecule has 0 bridgehead atoms. The molecule has 5 heteroatoms. The Morgan fingerprint density at radius 3 is 1.71 bits per heavy atom. The number of pyridine rings is 1. The molecule has 278 valence electrons. The van der Waals surface area contributed by atoms with Crippen LogP contribution in [0.2, 0.25) is 0 Å². The number of amidine groups is 2. The van der Waals surface area contributed by atoms with Gasteiger partial charge >= 0.3 is 0 Å². The van der Waals surface area contributed by atoms with E-state index in [1.165, 1.54) is 38.2 Å². The molecule has 1 aliphatic rings. The summed E-state index contributed by atoms with van der Waals surface area (Å²) in [5.74, 6) is 2.21. The Bertz CT molecular complexity index is 3210. The summed E-state index contributed by atoms with van der Waals surface area (Å²) < 4.78 is 2.32. The molecule has 0 aliphatic carbocycles. The lowest BCUT2D eigenvalue weighted by molar-refractivity contribution is 0.674. The van der Waals surface area contributed by atoms with Crippen LogP contribution in [0.15, 0.2) is 222 Å². The van der Waals surface area contributed by atoms with Gasteiger partial charge in [0.2, 0.25) is 0 Å². The van der Waals surface area contributed by atoms with Gasteiger partial charge in [-0.1, -0.05) is 182 Å². The van der Waals surface area contributed by atoms with Gasteiger partial charge in [-0.15, -0.1) is 0 Å². The fourth-order valence-corrected chi connectivity index (χ4v) is 8.45. The third-order valence-electron chi connectivity index (χ3n) is 11.3. The van der Waals surface area contributed by atoms with E-state index in [-0.39, 0.29) is 6.17 Å². The van der Waals surface area contributed by atoms with E-state index in [2.05, 4.69) is 198 Å². The summed E-state index contributed by atoms with van der Waals surface area (Å²) in [5.41, 5.74) is 12.1. The molecule has 0 amide bonds. The zero-order valence-electron chi connectivity index (χ0n) is 32.1. The molecule has 3 heterocycles. The Labute approximate surface area is 342 Å². The van der Waals surface area contributed by atoms with E-state index < -0.39 is 0 Å². The molecule has 8 aromatic carbocycles. The van der Waals surface area contributed by atoms with Gasteiger partial charge in [0.1, 0.15) is 17.8 Å². The first kappa shape index (κ1) is 34.4. The van der Waals surface area contributed by atoms with E-state index >= 15 is 0 Å². The molecule has 11 rings (SSSR count). The van der Waals surface area contributed by atoms with E-state index in [0.717, 1.165) is 56.1 Å². The van der Waals surface area contributed by atoms with Crippen molar-refractivity contribution < 1.29 is 0 Å². The van der Waals surface area contributed by atoms with Crippen LogP contribution >= 0.6 is 0 Å². The van der Waals surface area contributed by atoms with Crippen molar-refractivity contribution >= 4 is 44.2 Å². The number of aliphatic imine (C=N–C) groups is 2. The third kappa shape index (κ3) is 6.26. The molecule has 0 spiro atoms. The number of hydrogen-bond donors (Lipinski definition) is 1. The Morgan fingerprint density at radius 2 is 1.00 bits per heavy atom. The summed E-state index contributed by atoms with van der Waals surface area (Å²) in [6, 6.07) is 72.7. The SMILES string of the molecule is c1ccc(-c2ccc(C3=NC(c4ccnc(-n5c6cc(-c7ccccc7)ccc6c6c7ccccc7c(-c7ccccc7)cc65)c4)=NC(c4ccccc4)N3)cc2)cc1. The normalized spacial score (nSPS) is 13.9. The highest BCUT2D eigenvalue weighted by Crippen LogP contribution is 2.42. The molecule has 0 fully saturated rings. The van der Waals surface area contributed by atoms with Gasteiger partial charge < -0.3 is 5.32 Å². The summed E-state index contributed by atoms with van der Waals surface area (Å²) in [6.07, 6.45) is 1.56. The maximum absolute atomic E-state index is 5.24. The number of rotatable bonds is 7. The highest BCUT2D eigenvalue weighted by molar-refractivity contribution is 6.24. The fourth-order valence-electron chi connectivity index (χ4n) is 8.45. The van der Waals surface area contributed by atoms with E-state index in [1.807, 2.05) is 24.4 Å². The molecule has 1 aliphatic heterocycles. The molecule has 5 nitrogen and oxygen atoms in total. The largest absolute Gasteiger partial charge is 0.344 e. The van der Waals surface area contributed by atoms with Crippen LogP contribution in [0, 0.1) is 0 Å². The van der Waals surface area contributed by atoms with Crippen LogP contribution in [0.5, 0.6) is 0 Å². The van der Waals surface area contributed by atoms with E-state index in [1.54, 1.807) is 0 Å². The van der Waals surface area contributed by atoms with Crippen LogP contribution in [0.3, 0.4) is 0 Å². The highest BCUT2D eigenvalue weighted by Gasteiger charge is 2.23. The Hall–Kier alpha value is -7.89.